The summed E-state index contributed by atoms with van der Waals surface area (Å²) in [6.45, 7) is 6.71. The average molecular weight is 239 g/mol. The number of benzene rings is 1. The second-order valence-corrected chi connectivity index (χ2v) is 3.70. The Balaban J connectivity index is 2.62. The van der Waals surface area contributed by atoms with Crippen LogP contribution in [0.5, 0.6) is 0 Å². The zero-order chi connectivity index (χ0) is 12.0. The van der Waals surface area contributed by atoms with Gasteiger partial charge in [0.2, 0.25) is 0 Å². The molecule has 0 unspecified atom stereocenters. The zero-order valence-corrected chi connectivity index (χ0v) is 10.00. The molecule has 2 amide bonds. The van der Waals surface area contributed by atoms with Gasteiger partial charge in [-0.25, -0.2) is 4.79 Å². The number of carbonyl (C=O) groups excluding carboxylic acids is 1. The van der Waals surface area contributed by atoms with Crippen LogP contribution in [0.2, 0.25) is 5.02 Å². The number of hydrogen-bond acceptors (Lipinski definition) is 1. The van der Waals surface area contributed by atoms with Gasteiger partial charge in [-0.15, -0.1) is 6.58 Å². The van der Waals surface area contributed by atoms with Crippen LogP contribution in [-0.2, 0) is 0 Å². The number of halogens is 1. The largest absolute Gasteiger partial charge is 0.322 e. The second-order valence-electron chi connectivity index (χ2n) is 3.26. The molecular weight excluding hydrogens is 224 g/mol. The molecule has 0 spiro atoms. The van der Waals surface area contributed by atoms with Gasteiger partial charge in [-0.3, -0.25) is 0 Å². The SMILES string of the molecule is C=CCN(CC)C(=O)Nc1ccc(Cl)cc1. The molecule has 0 fully saturated rings. The molecule has 0 aliphatic heterocycles. The summed E-state index contributed by atoms with van der Waals surface area (Å²) in [4.78, 5) is 13.4. The molecule has 0 atom stereocenters. The van der Waals surface area contributed by atoms with E-state index in [1.165, 1.54) is 0 Å². The fourth-order valence-corrected chi connectivity index (χ4v) is 1.37. The van der Waals surface area contributed by atoms with Crippen molar-refractivity contribution < 1.29 is 4.79 Å². The van der Waals surface area contributed by atoms with E-state index in [1.54, 1.807) is 35.2 Å². The minimum atomic E-state index is -0.135. The van der Waals surface area contributed by atoms with E-state index >= 15 is 0 Å². The number of nitrogens with zero attached hydrogens (tertiary/aromatic N) is 1. The molecule has 1 aromatic rings. The van der Waals surface area contributed by atoms with Crippen LogP contribution in [0.3, 0.4) is 0 Å². The van der Waals surface area contributed by atoms with Crippen LogP contribution >= 0.6 is 11.6 Å². The van der Waals surface area contributed by atoms with Crippen molar-refractivity contribution in [1.82, 2.24) is 4.90 Å². The van der Waals surface area contributed by atoms with Crippen LogP contribution < -0.4 is 5.32 Å². The molecule has 0 saturated heterocycles. The number of hydrogen-bond donors (Lipinski definition) is 1. The Morgan fingerprint density at radius 3 is 2.62 bits per heavy atom. The van der Waals surface area contributed by atoms with E-state index < -0.39 is 0 Å². The Morgan fingerprint density at radius 2 is 2.12 bits per heavy atom. The summed E-state index contributed by atoms with van der Waals surface area (Å²) in [6.07, 6.45) is 1.70. The summed E-state index contributed by atoms with van der Waals surface area (Å²) in [6, 6.07) is 6.87. The summed E-state index contributed by atoms with van der Waals surface area (Å²) in [5, 5.41) is 3.44. The summed E-state index contributed by atoms with van der Waals surface area (Å²) in [5.74, 6) is 0. The monoisotopic (exact) mass is 238 g/mol. The van der Waals surface area contributed by atoms with Crippen molar-refractivity contribution in [3.05, 3.63) is 41.9 Å². The highest BCUT2D eigenvalue weighted by Crippen LogP contribution is 2.13. The molecule has 1 aromatic carbocycles. The highest BCUT2D eigenvalue weighted by atomic mass is 35.5. The van der Waals surface area contributed by atoms with Crippen LogP contribution in [0.25, 0.3) is 0 Å². The van der Waals surface area contributed by atoms with Gasteiger partial charge in [0, 0.05) is 23.8 Å². The summed E-state index contributed by atoms with van der Waals surface area (Å²) < 4.78 is 0. The van der Waals surface area contributed by atoms with Crippen molar-refractivity contribution in [2.24, 2.45) is 0 Å². The molecule has 1 N–H and O–H groups in total. The van der Waals surface area contributed by atoms with Gasteiger partial charge in [-0.05, 0) is 31.2 Å². The zero-order valence-electron chi connectivity index (χ0n) is 9.24. The van der Waals surface area contributed by atoms with Crippen molar-refractivity contribution in [2.45, 2.75) is 6.92 Å². The quantitative estimate of drug-likeness (QED) is 0.802. The third-order valence-corrected chi connectivity index (χ3v) is 2.37. The van der Waals surface area contributed by atoms with E-state index in [9.17, 15) is 4.79 Å². The van der Waals surface area contributed by atoms with E-state index in [1.807, 2.05) is 6.92 Å². The number of urea groups is 1. The minimum Gasteiger partial charge on any atom is -0.321 e. The normalized spacial score (nSPS) is 9.62. The van der Waals surface area contributed by atoms with Crippen LogP contribution in [0.4, 0.5) is 10.5 Å². The van der Waals surface area contributed by atoms with Gasteiger partial charge in [-0.2, -0.15) is 0 Å². The lowest BCUT2D eigenvalue weighted by molar-refractivity contribution is 0.219. The fraction of sp³-hybridized carbons (Fsp3) is 0.250. The molecule has 1 rings (SSSR count). The Kier molecular flexibility index (Phi) is 4.86. The highest BCUT2D eigenvalue weighted by molar-refractivity contribution is 6.30. The number of carbonyl (C=O) groups is 1. The third-order valence-electron chi connectivity index (χ3n) is 2.11. The van der Waals surface area contributed by atoms with Crippen molar-refractivity contribution >= 4 is 23.3 Å². The smallest absolute Gasteiger partial charge is 0.321 e. The molecule has 86 valence electrons. The molecule has 16 heavy (non-hydrogen) atoms. The lowest BCUT2D eigenvalue weighted by atomic mass is 10.3. The van der Waals surface area contributed by atoms with E-state index in [2.05, 4.69) is 11.9 Å². The molecular formula is C12H15ClN2O. The number of anilines is 1. The average Bonchev–Trinajstić information content (AvgIpc) is 2.29. The maximum Gasteiger partial charge on any atom is 0.322 e. The van der Waals surface area contributed by atoms with E-state index in [0.29, 0.717) is 18.1 Å². The molecule has 0 aliphatic carbocycles. The fourth-order valence-electron chi connectivity index (χ4n) is 1.25. The molecule has 4 heteroatoms. The van der Waals surface area contributed by atoms with Crippen molar-refractivity contribution in [3.63, 3.8) is 0 Å². The molecule has 0 aliphatic rings. The Bertz CT molecular complexity index is 362. The summed E-state index contributed by atoms with van der Waals surface area (Å²) in [5.41, 5.74) is 0.733. The first kappa shape index (κ1) is 12.6. The number of rotatable bonds is 4. The van der Waals surface area contributed by atoms with Crippen molar-refractivity contribution in [2.75, 3.05) is 18.4 Å². The number of nitrogens with one attached hydrogen (secondary N) is 1. The van der Waals surface area contributed by atoms with Gasteiger partial charge in [0.15, 0.2) is 0 Å². The van der Waals surface area contributed by atoms with Gasteiger partial charge in [0.05, 0.1) is 0 Å². The Labute approximate surface area is 101 Å². The van der Waals surface area contributed by atoms with Crippen LogP contribution in [-0.4, -0.2) is 24.0 Å². The van der Waals surface area contributed by atoms with Gasteiger partial charge in [0.1, 0.15) is 0 Å². The lowest BCUT2D eigenvalue weighted by Gasteiger charge is -2.19. The molecule has 0 radical (unpaired) electrons. The molecule has 0 heterocycles. The van der Waals surface area contributed by atoms with E-state index in [0.717, 1.165) is 5.69 Å². The van der Waals surface area contributed by atoms with Gasteiger partial charge in [-0.1, -0.05) is 17.7 Å². The first-order chi connectivity index (χ1) is 7.67. The summed E-state index contributed by atoms with van der Waals surface area (Å²) in [7, 11) is 0. The standard InChI is InChI=1S/C12H15ClN2O/c1-3-9-15(4-2)12(16)14-11-7-5-10(13)6-8-11/h3,5-8H,1,4,9H2,2H3,(H,14,16). The number of amides is 2. The minimum absolute atomic E-state index is 0.135. The van der Waals surface area contributed by atoms with Crippen LogP contribution in [0.15, 0.2) is 36.9 Å². The molecule has 3 nitrogen and oxygen atoms in total. The Hall–Kier alpha value is -1.48. The highest BCUT2D eigenvalue weighted by Gasteiger charge is 2.09. The van der Waals surface area contributed by atoms with Gasteiger partial charge < -0.3 is 10.2 Å². The predicted molar refractivity (Wildman–Crippen MR) is 67.9 cm³/mol. The van der Waals surface area contributed by atoms with Crippen LogP contribution in [0, 0.1) is 0 Å². The van der Waals surface area contributed by atoms with Crippen molar-refractivity contribution in [1.29, 1.82) is 0 Å². The molecule has 0 aromatic heterocycles. The lowest BCUT2D eigenvalue weighted by Crippen LogP contribution is -2.34. The van der Waals surface area contributed by atoms with Crippen LogP contribution in [0.1, 0.15) is 6.92 Å². The maximum absolute atomic E-state index is 11.8. The predicted octanol–water partition coefficient (Wildman–Crippen LogP) is 3.38. The third kappa shape index (κ3) is 3.59. The van der Waals surface area contributed by atoms with Crippen molar-refractivity contribution in [3.8, 4) is 0 Å². The maximum atomic E-state index is 11.8. The Morgan fingerprint density at radius 1 is 1.50 bits per heavy atom. The topological polar surface area (TPSA) is 32.3 Å². The number of likely N-dealkylation sites (N-methyl/N-ethyl adjacent to an activating group) is 1. The molecule has 0 bridgehead atoms. The van der Waals surface area contributed by atoms with Gasteiger partial charge in [0.25, 0.3) is 0 Å². The summed E-state index contributed by atoms with van der Waals surface area (Å²) >= 11 is 5.75. The molecule has 0 saturated carbocycles. The first-order valence-corrected chi connectivity index (χ1v) is 5.47. The van der Waals surface area contributed by atoms with E-state index in [4.69, 9.17) is 11.6 Å². The van der Waals surface area contributed by atoms with Gasteiger partial charge >= 0.3 is 6.03 Å². The first-order valence-electron chi connectivity index (χ1n) is 5.09. The second kappa shape index (κ2) is 6.18. The van der Waals surface area contributed by atoms with E-state index in [-0.39, 0.29) is 6.03 Å².